The molecule has 0 aliphatic carbocycles. The van der Waals surface area contributed by atoms with Crippen LogP contribution in [0.4, 0.5) is 0 Å². The number of nitrogens with zero attached hydrogens (tertiary/aromatic N) is 1. The molecule has 5 nitrogen and oxygen atoms in total. The second kappa shape index (κ2) is 8.30. The predicted molar refractivity (Wildman–Crippen MR) is 116 cm³/mol. The van der Waals surface area contributed by atoms with Crippen LogP contribution in [0, 0.1) is 6.92 Å². The average molecular weight is 432 g/mol. The van der Waals surface area contributed by atoms with Gasteiger partial charge in [0, 0.05) is 6.54 Å². The smallest absolute Gasteiger partial charge is 0.339 e. The molecular weight excluding hydrogens is 414 g/mol. The Morgan fingerprint density at radius 2 is 1.93 bits per heavy atom. The molecule has 0 spiro atoms. The summed E-state index contributed by atoms with van der Waals surface area (Å²) in [7, 11) is -3.94. The van der Waals surface area contributed by atoms with Crippen molar-refractivity contribution < 1.29 is 17.4 Å². The lowest BCUT2D eigenvalue weighted by Crippen LogP contribution is -2.27. The highest BCUT2D eigenvalue weighted by atomic mass is 32.2. The van der Waals surface area contributed by atoms with E-state index in [1.165, 1.54) is 28.8 Å². The number of hydrogen-bond acceptors (Lipinski definition) is 6. The molecule has 1 amide bonds. The molecule has 1 aliphatic heterocycles. The molecule has 0 aromatic heterocycles. The summed E-state index contributed by atoms with van der Waals surface area (Å²) in [6, 6.07) is 12.9. The molecule has 1 fully saturated rings. The van der Waals surface area contributed by atoms with Crippen molar-refractivity contribution in [2.24, 2.45) is 0 Å². The van der Waals surface area contributed by atoms with Gasteiger partial charge in [-0.05, 0) is 42.8 Å². The molecule has 8 heteroatoms. The molecule has 0 N–H and O–H groups in total. The molecule has 28 heavy (non-hydrogen) atoms. The second-order valence-corrected chi connectivity index (χ2v) is 9.23. The number of aryl methyl sites for hydroxylation is 1. The first-order chi connectivity index (χ1) is 13.3. The highest BCUT2D eigenvalue weighted by Crippen LogP contribution is 2.33. The van der Waals surface area contributed by atoms with Crippen LogP contribution in [-0.4, -0.2) is 30.1 Å². The Bertz CT molecular complexity index is 1070. The highest BCUT2D eigenvalue weighted by Gasteiger charge is 2.31. The molecule has 1 saturated heterocycles. The van der Waals surface area contributed by atoms with Crippen LogP contribution in [-0.2, 0) is 14.9 Å². The molecular formula is C20H17NO4S3. The lowest BCUT2D eigenvalue weighted by molar-refractivity contribution is -0.121. The van der Waals surface area contributed by atoms with Crippen molar-refractivity contribution in [1.82, 2.24) is 4.90 Å². The standard InChI is InChI=1S/C20H17NO4S3/c1-3-11-21-19(22)18(27-20(21)26)13-15-5-4-6-16(12-15)25-28(23,24)17-9-7-14(2)8-10-17/h3-10,12-13H,1,11H2,2H3/b18-13+. The number of thiocarbonyl (C=S) groups is 1. The SMILES string of the molecule is C=CCN1C(=O)/C(=C\c2cccc(OS(=O)(=O)c3ccc(C)cc3)c2)SC1=S. The zero-order chi connectivity index (χ0) is 20.3. The molecule has 144 valence electrons. The third kappa shape index (κ3) is 4.52. The van der Waals surface area contributed by atoms with E-state index in [1.807, 2.05) is 6.92 Å². The van der Waals surface area contributed by atoms with Crippen LogP contribution >= 0.6 is 24.0 Å². The minimum Gasteiger partial charge on any atom is -0.379 e. The first kappa shape index (κ1) is 20.3. The fraction of sp³-hybridized carbons (Fsp3) is 0.100. The number of amides is 1. The Morgan fingerprint density at radius 1 is 1.21 bits per heavy atom. The van der Waals surface area contributed by atoms with Gasteiger partial charge in [-0.15, -0.1) is 6.58 Å². The minimum absolute atomic E-state index is 0.0776. The molecule has 3 rings (SSSR count). The number of carbonyl (C=O) groups is 1. The van der Waals surface area contributed by atoms with Crippen molar-refractivity contribution in [3.8, 4) is 5.75 Å². The van der Waals surface area contributed by atoms with Crippen molar-refractivity contribution in [2.45, 2.75) is 11.8 Å². The quantitative estimate of drug-likeness (QED) is 0.296. The van der Waals surface area contributed by atoms with Crippen molar-refractivity contribution in [1.29, 1.82) is 0 Å². The zero-order valence-electron chi connectivity index (χ0n) is 15.0. The largest absolute Gasteiger partial charge is 0.379 e. The molecule has 1 heterocycles. The van der Waals surface area contributed by atoms with E-state index in [4.69, 9.17) is 16.4 Å². The molecule has 0 unspecified atom stereocenters. The van der Waals surface area contributed by atoms with Crippen LogP contribution in [0.2, 0.25) is 0 Å². The Morgan fingerprint density at radius 3 is 2.61 bits per heavy atom. The molecule has 0 bridgehead atoms. The van der Waals surface area contributed by atoms with E-state index < -0.39 is 10.1 Å². The van der Waals surface area contributed by atoms with E-state index in [0.29, 0.717) is 21.3 Å². The van der Waals surface area contributed by atoms with E-state index in [2.05, 4.69) is 6.58 Å². The maximum absolute atomic E-state index is 12.4. The number of carbonyl (C=O) groups excluding carboxylic acids is 1. The van der Waals surface area contributed by atoms with E-state index in [0.717, 1.165) is 5.56 Å². The van der Waals surface area contributed by atoms with Crippen LogP contribution in [0.5, 0.6) is 5.75 Å². The average Bonchev–Trinajstić information content (AvgIpc) is 2.90. The maximum Gasteiger partial charge on any atom is 0.339 e. The van der Waals surface area contributed by atoms with Gasteiger partial charge in [0.25, 0.3) is 5.91 Å². The number of benzene rings is 2. The first-order valence-corrected chi connectivity index (χ1v) is 10.9. The lowest BCUT2D eigenvalue weighted by atomic mass is 10.2. The number of hydrogen-bond donors (Lipinski definition) is 0. The Balaban J connectivity index is 1.83. The van der Waals surface area contributed by atoms with Crippen LogP contribution in [0.25, 0.3) is 6.08 Å². The summed E-state index contributed by atoms with van der Waals surface area (Å²) in [5, 5.41) is 0. The fourth-order valence-corrected chi connectivity index (χ4v) is 4.67. The van der Waals surface area contributed by atoms with Crippen molar-refractivity contribution in [3.63, 3.8) is 0 Å². The molecule has 2 aromatic carbocycles. The summed E-state index contributed by atoms with van der Waals surface area (Å²) >= 11 is 6.41. The molecule has 2 aromatic rings. The van der Waals surface area contributed by atoms with E-state index in [-0.39, 0.29) is 16.6 Å². The monoisotopic (exact) mass is 431 g/mol. The van der Waals surface area contributed by atoms with Gasteiger partial charge < -0.3 is 4.18 Å². The summed E-state index contributed by atoms with van der Waals surface area (Å²) in [6.07, 6.45) is 3.27. The predicted octanol–water partition coefficient (Wildman–Crippen LogP) is 4.15. The fourth-order valence-electron chi connectivity index (χ4n) is 2.47. The number of rotatable bonds is 6. The van der Waals surface area contributed by atoms with Crippen molar-refractivity contribution in [3.05, 3.63) is 77.2 Å². The van der Waals surface area contributed by atoms with Gasteiger partial charge in [-0.2, -0.15) is 8.42 Å². The molecule has 0 saturated carbocycles. The third-order valence-electron chi connectivity index (χ3n) is 3.86. The second-order valence-electron chi connectivity index (χ2n) is 6.00. The lowest BCUT2D eigenvalue weighted by Gasteiger charge is -2.10. The molecule has 1 aliphatic rings. The molecule has 0 radical (unpaired) electrons. The van der Waals surface area contributed by atoms with Gasteiger partial charge in [0.15, 0.2) is 0 Å². The van der Waals surface area contributed by atoms with Gasteiger partial charge in [-0.25, -0.2) is 0 Å². The van der Waals surface area contributed by atoms with E-state index in [9.17, 15) is 13.2 Å². The van der Waals surface area contributed by atoms with Gasteiger partial charge in [0.05, 0.1) is 4.91 Å². The van der Waals surface area contributed by atoms with Gasteiger partial charge in [0.2, 0.25) is 0 Å². The van der Waals surface area contributed by atoms with E-state index in [1.54, 1.807) is 48.6 Å². The van der Waals surface area contributed by atoms with Crippen LogP contribution in [0.1, 0.15) is 11.1 Å². The minimum atomic E-state index is -3.94. The van der Waals surface area contributed by atoms with Gasteiger partial charge in [-0.3, -0.25) is 9.69 Å². The highest BCUT2D eigenvalue weighted by molar-refractivity contribution is 8.26. The third-order valence-corrected chi connectivity index (χ3v) is 6.50. The summed E-state index contributed by atoms with van der Waals surface area (Å²) in [5.41, 5.74) is 1.59. The Kier molecular flexibility index (Phi) is 6.02. The van der Waals surface area contributed by atoms with Gasteiger partial charge in [0.1, 0.15) is 15.0 Å². The number of thioether (sulfide) groups is 1. The van der Waals surface area contributed by atoms with Gasteiger partial charge >= 0.3 is 10.1 Å². The Labute approximate surface area is 173 Å². The summed E-state index contributed by atoms with van der Waals surface area (Å²) in [6.45, 7) is 5.84. The van der Waals surface area contributed by atoms with Crippen LogP contribution in [0.15, 0.2) is 71.0 Å². The van der Waals surface area contributed by atoms with Crippen LogP contribution in [0.3, 0.4) is 0 Å². The Hall–Kier alpha value is -2.42. The molecule has 0 atom stereocenters. The summed E-state index contributed by atoms with van der Waals surface area (Å²) < 4.78 is 30.6. The van der Waals surface area contributed by atoms with Crippen molar-refractivity contribution in [2.75, 3.05) is 6.54 Å². The summed E-state index contributed by atoms with van der Waals surface area (Å²) in [5.74, 6) is -0.0376. The van der Waals surface area contributed by atoms with Crippen molar-refractivity contribution >= 4 is 50.4 Å². The topological polar surface area (TPSA) is 63.7 Å². The maximum atomic E-state index is 12.4. The van der Waals surface area contributed by atoms with E-state index >= 15 is 0 Å². The zero-order valence-corrected chi connectivity index (χ0v) is 17.4. The normalized spacial score (nSPS) is 15.9. The first-order valence-electron chi connectivity index (χ1n) is 8.27. The van der Waals surface area contributed by atoms with Crippen LogP contribution < -0.4 is 4.18 Å². The van der Waals surface area contributed by atoms with Gasteiger partial charge in [-0.1, -0.05) is 59.9 Å². The summed E-state index contributed by atoms with van der Waals surface area (Å²) in [4.78, 5) is 14.4.